The lowest BCUT2D eigenvalue weighted by Crippen LogP contribution is -2.35. The van der Waals surface area contributed by atoms with Gasteiger partial charge in [0.2, 0.25) is 5.91 Å². The van der Waals surface area contributed by atoms with Gasteiger partial charge >= 0.3 is 5.97 Å². The Labute approximate surface area is 148 Å². The molecule has 1 aromatic rings. The first-order valence-corrected chi connectivity index (χ1v) is 8.42. The summed E-state index contributed by atoms with van der Waals surface area (Å²) in [4.78, 5) is 36.5. The van der Waals surface area contributed by atoms with Crippen molar-refractivity contribution < 1.29 is 28.6 Å². The highest BCUT2D eigenvalue weighted by atomic mass is 79.9. The number of hydrogen-bond acceptors (Lipinski definition) is 6. The van der Waals surface area contributed by atoms with Crippen LogP contribution in [0.4, 0.5) is 0 Å². The number of esters is 1. The molecular weight excluding hydrogens is 382 g/mol. The molecule has 1 saturated heterocycles. The lowest BCUT2D eigenvalue weighted by atomic mass is 10.1. The van der Waals surface area contributed by atoms with Gasteiger partial charge in [0.1, 0.15) is 5.33 Å². The van der Waals surface area contributed by atoms with Crippen molar-refractivity contribution in [3.63, 3.8) is 0 Å². The van der Waals surface area contributed by atoms with Gasteiger partial charge in [0.05, 0.1) is 20.6 Å². The zero-order chi connectivity index (χ0) is 17.7. The number of methoxy groups -OCH3 is 2. The van der Waals surface area contributed by atoms with Gasteiger partial charge in [0, 0.05) is 6.54 Å². The van der Waals surface area contributed by atoms with Crippen LogP contribution in [0.15, 0.2) is 18.2 Å². The van der Waals surface area contributed by atoms with Crippen LogP contribution in [-0.2, 0) is 25.5 Å². The van der Waals surface area contributed by atoms with Gasteiger partial charge in [0.15, 0.2) is 17.6 Å². The highest BCUT2D eigenvalue weighted by molar-refractivity contribution is 9.09. The van der Waals surface area contributed by atoms with E-state index in [-0.39, 0.29) is 24.2 Å². The van der Waals surface area contributed by atoms with Crippen LogP contribution >= 0.6 is 15.9 Å². The summed E-state index contributed by atoms with van der Waals surface area (Å²) in [5.74, 6) is -0.194. The Kier molecular flexibility index (Phi) is 6.19. The second-order valence-corrected chi connectivity index (χ2v) is 5.70. The van der Waals surface area contributed by atoms with E-state index in [2.05, 4.69) is 15.9 Å². The van der Waals surface area contributed by atoms with Gasteiger partial charge in [-0.2, -0.15) is 0 Å². The molecule has 0 aromatic heterocycles. The number of nitrogens with zero attached hydrogens (tertiary/aromatic N) is 1. The lowest BCUT2D eigenvalue weighted by Gasteiger charge is -2.15. The van der Waals surface area contributed by atoms with Crippen molar-refractivity contribution in [2.24, 2.45) is 0 Å². The molecule has 1 fully saturated rings. The molecule has 1 aliphatic rings. The van der Waals surface area contributed by atoms with E-state index in [1.165, 1.54) is 7.11 Å². The Hall–Kier alpha value is -2.09. The van der Waals surface area contributed by atoms with Crippen LogP contribution in [0.3, 0.4) is 0 Å². The van der Waals surface area contributed by atoms with Crippen LogP contribution in [0.1, 0.15) is 12.0 Å². The molecule has 0 radical (unpaired) electrons. The Morgan fingerprint density at radius 1 is 1.25 bits per heavy atom. The molecule has 1 heterocycles. The maximum Gasteiger partial charge on any atom is 0.317 e. The van der Waals surface area contributed by atoms with Crippen LogP contribution in [0.25, 0.3) is 0 Å². The predicted molar refractivity (Wildman–Crippen MR) is 88.3 cm³/mol. The van der Waals surface area contributed by atoms with Crippen molar-refractivity contribution in [3.05, 3.63) is 23.8 Å². The summed E-state index contributed by atoms with van der Waals surface area (Å²) >= 11 is 2.95. The summed E-state index contributed by atoms with van der Waals surface area (Å²) < 4.78 is 15.4. The van der Waals surface area contributed by atoms with Gasteiger partial charge in [-0.1, -0.05) is 22.0 Å². The minimum absolute atomic E-state index is 0.0172. The van der Waals surface area contributed by atoms with Crippen LogP contribution < -0.4 is 9.47 Å². The maximum absolute atomic E-state index is 12.2. The molecule has 24 heavy (non-hydrogen) atoms. The number of ether oxygens (including phenoxy) is 3. The number of rotatable bonds is 7. The highest BCUT2D eigenvalue weighted by Crippen LogP contribution is 2.28. The number of likely N-dealkylation sites (tertiary alicyclic amines) is 1. The smallest absolute Gasteiger partial charge is 0.317 e. The Morgan fingerprint density at radius 2 is 1.96 bits per heavy atom. The third kappa shape index (κ3) is 4.05. The second-order valence-electron chi connectivity index (χ2n) is 5.14. The topological polar surface area (TPSA) is 82.1 Å². The van der Waals surface area contributed by atoms with Crippen LogP contribution in [0.2, 0.25) is 0 Å². The van der Waals surface area contributed by atoms with Gasteiger partial charge in [-0.05, 0) is 24.1 Å². The summed E-state index contributed by atoms with van der Waals surface area (Å²) in [5, 5.41) is -0.0172. The third-order valence-corrected chi connectivity index (χ3v) is 4.12. The van der Waals surface area contributed by atoms with Gasteiger partial charge in [-0.15, -0.1) is 0 Å². The number of halogens is 1. The fourth-order valence-electron chi connectivity index (χ4n) is 2.45. The summed E-state index contributed by atoms with van der Waals surface area (Å²) in [7, 11) is 3.09. The molecule has 2 amide bonds. The second kappa shape index (κ2) is 8.14. The fraction of sp³-hybridized carbons (Fsp3) is 0.438. The van der Waals surface area contributed by atoms with Gasteiger partial charge in [-0.3, -0.25) is 19.3 Å². The molecule has 1 aromatic carbocycles. The van der Waals surface area contributed by atoms with Crippen molar-refractivity contribution in [2.75, 3.05) is 26.1 Å². The molecule has 0 N–H and O–H groups in total. The molecular formula is C16H18BrNO6. The van der Waals surface area contributed by atoms with E-state index in [1.54, 1.807) is 19.2 Å². The normalized spacial score (nSPS) is 17.1. The maximum atomic E-state index is 12.2. The van der Waals surface area contributed by atoms with Crippen molar-refractivity contribution in [1.82, 2.24) is 4.90 Å². The van der Waals surface area contributed by atoms with Crippen molar-refractivity contribution in [1.29, 1.82) is 0 Å². The molecule has 1 atom stereocenters. The third-order valence-electron chi connectivity index (χ3n) is 3.66. The molecule has 0 unspecified atom stereocenters. The largest absolute Gasteiger partial charge is 0.493 e. The van der Waals surface area contributed by atoms with Crippen molar-refractivity contribution in [2.45, 2.75) is 18.9 Å². The first-order chi connectivity index (χ1) is 11.5. The molecule has 0 saturated carbocycles. The molecule has 130 valence electrons. The SMILES string of the molecule is COc1ccc(CCN2C(=O)C[C@H](OC(=O)CBr)C2=O)cc1OC. The number of amides is 2. The fourth-order valence-corrected chi connectivity index (χ4v) is 2.58. The summed E-state index contributed by atoms with van der Waals surface area (Å²) in [6.45, 7) is 0.218. The average molecular weight is 400 g/mol. The van der Waals surface area contributed by atoms with Crippen LogP contribution in [-0.4, -0.2) is 54.9 Å². The molecule has 0 aliphatic carbocycles. The minimum atomic E-state index is -1.02. The van der Waals surface area contributed by atoms with E-state index >= 15 is 0 Å². The van der Waals surface area contributed by atoms with E-state index in [9.17, 15) is 14.4 Å². The zero-order valence-electron chi connectivity index (χ0n) is 13.4. The van der Waals surface area contributed by atoms with Gasteiger partial charge in [0.25, 0.3) is 5.91 Å². The van der Waals surface area contributed by atoms with Crippen molar-refractivity contribution >= 4 is 33.7 Å². The minimum Gasteiger partial charge on any atom is -0.493 e. The summed E-state index contributed by atoms with van der Waals surface area (Å²) in [6, 6.07) is 5.41. The molecule has 2 rings (SSSR count). The first kappa shape index (κ1) is 18.3. The number of carbonyl (C=O) groups is 3. The Morgan fingerprint density at radius 3 is 2.58 bits per heavy atom. The predicted octanol–water partition coefficient (Wildman–Crippen LogP) is 1.31. The van der Waals surface area contributed by atoms with Gasteiger partial charge in [-0.25, -0.2) is 0 Å². The molecule has 0 bridgehead atoms. The summed E-state index contributed by atoms with van der Waals surface area (Å²) in [5.41, 5.74) is 0.897. The van der Waals surface area contributed by atoms with Gasteiger partial charge < -0.3 is 14.2 Å². The van der Waals surface area contributed by atoms with E-state index in [1.807, 2.05) is 6.07 Å². The number of imide groups is 1. The van der Waals surface area contributed by atoms with Crippen molar-refractivity contribution in [3.8, 4) is 11.5 Å². The van der Waals surface area contributed by atoms with Crippen LogP contribution in [0.5, 0.6) is 11.5 Å². The highest BCUT2D eigenvalue weighted by Gasteiger charge is 2.40. The lowest BCUT2D eigenvalue weighted by molar-refractivity contribution is -0.154. The van der Waals surface area contributed by atoms with E-state index in [0.29, 0.717) is 17.9 Å². The first-order valence-electron chi connectivity index (χ1n) is 7.30. The number of carbonyl (C=O) groups excluding carboxylic acids is 3. The number of hydrogen-bond donors (Lipinski definition) is 0. The van der Waals surface area contributed by atoms with Crippen LogP contribution in [0, 0.1) is 0 Å². The number of alkyl halides is 1. The van der Waals surface area contributed by atoms with E-state index in [0.717, 1.165) is 10.5 Å². The molecule has 0 spiro atoms. The zero-order valence-corrected chi connectivity index (χ0v) is 15.0. The quantitative estimate of drug-likeness (QED) is 0.390. The molecule has 7 nitrogen and oxygen atoms in total. The van der Waals surface area contributed by atoms with E-state index < -0.39 is 18.0 Å². The summed E-state index contributed by atoms with van der Waals surface area (Å²) in [6.07, 6.45) is -0.659. The Bertz CT molecular complexity index is 647. The monoisotopic (exact) mass is 399 g/mol. The van der Waals surface area contributed by atoms with E-state index in [4.69, 9.17) is 14.2 Å². The average Bonchev–Trinajstić information content (AvgIpc) is 2.85. The molecule has 8 heteroatoms. The number of benzene rings is 1. The Balaban J connectivity index is 2.00. The standard InChI is InChI=1S/C16H18BrNO6/c1-22-11-4-3-10(7-12(11)23-2)5-6-18-14(19)8-13(16(18)21)24-15(20)9-17/h3-4,7,13H,5-6,8-9H2,1-2H3/t13-/m0/s1. The molecule has 1 aliphatic heterocycles.